The van der Waals surface area contributed by atoms with E-state index in [4.69, 9.17) is 5.73 Å². The van der Waals surface area contributed by atoms with Crippen molar-refractivity contribution >= 4 is 0 Å². The molecule has 2 N–H and O–H groups in total. The van der Waals surface area contributed by atoms with Crippen molar-refractivity contribution in [3.63, 3.8) is 0 Å². The van der Waals surface area contributed by atoms with Gasteiger partial charge in [0, 0.05) is 12.1 Å². The molecular formula is C10H22N2. The van der Waals surface area contributed by atoms with Crippen LogP contribution in [0.1, 0.15) is 39.0 Å². The van der Waals surface area contributed by atoms with Crippen molar-refractivity contribution < 1.29 is 0 Å². The van der Waals surface area contributed by atoms with Crippen LogP contribution in [0.25, 0.3) is 0 Å². The molecule has 2 heteroatoms. The van der Waals surface area contributed by atoms with Crippen molar-refractivity contribution in [2.45, 2.75) is 51.1 Å². The summed E-state index contributed by atoms with van der Waals surface area (Å²) in [6.07, 6.45) is 6.45. The molecule has 0 heterocycles. The Morgan fingerprint density at radius 3 is 2.50 bits per heavy atom. The van der Waals surface area contributed by atoms with E-state index in [-0.39, 0.29) is 0 Å². The maximum Gasteiger partial charge on any atom is 0.0122 e. The van der Waals surface area contributed by atoms with E-state index in [9.17, 15) is 0 Å². The average molecular weight is 170 g/mol. The molecule has 0 aromatic carbocycles. The standard InChI is InChI=1S/C10H22N2/c1-3-4-5-6-12(2)10-7-9(11)8-10/h9-10H,3-8,11H2,1-2H3. The summed E-state index contributed by atoms with van der Waals surface area (Å²) < 4.78 is 0. The molecule has 0 aromatic heterocycles. The zero-order chi connectivity index (χ0) is 8.97. The highest BCUT2D eigenvalue weighted by Gasteiger charge is 2.28. The second-order valence-corrected chi connectivity index (χ2v) is 4.07. The van der Waals surface area contributed by atoms with Crippen LogP contribution in [0.5, 0.6) is 0 Å². The number of nitrogens with zero attached hydrogens (tertiary/aromatic N) is 1. The maximum absolute atomic E-state index is 5.73. The highest BCUT2D eigenvalue weighted by Crippen LogP contribution is 2.22. The highest BCUT2D eigenvalue weighted by atomic mass is 15.1. The Kier molecular flexibility index (Phi) is 4.02. The largest absolute Gasteiger partial charge is 0.328 e. The normalized spacial score (nSPS) is 29.0. The molecule has 1 aliphatic carbocycles. The zero-order valence-corrected chi connectivity index (χ0v) is 8.42. The van der Waals surface area contributed by atoms with Gasteiger partial charge < -0.3 is 10.6 Å². The molecule has 0 aliphatic heterocycles. The van der Waals surface area contributed by atoms with E-state index in [1.165, 1.54) is 38.6 Å². The van der Waals surface area contributed by atoms with E-state index < -0.39 is 0 Å². The molecular weight excluding hydrogens is 148 g/mol. The first-order valence-electron chi connectivity index (χ1n) is 5.20. The molecule has 0 spiro atoms. The lowest BCUT2D eigenvalue weighted by atomic mass is 9.86. The number of hydrogen-bond acceptors (Lipinski definition) is 2. The van der Waals surface area contributed by atoms with Crippen LogP contribution in [0.4, 0.5) is 0 Å². The summed E-state index contributed by atoms with van der Waals surface area (Å²) in [5, 5.41) is 0. The number of hydrogen-bond donors (Lipinski definition) is 1. The van der Waals surface area contributed by atoms with E-state index in [1.54, 1.807) is 0 Å². The number of rotatable bonds is 5. The predicted octanol–water partition coefficient (Wildman–Crippen LogP) is 1.60. The lowest BCUT2D eigenvalue weighted by molar-refractivity contribution is 0.137. The molecule has 0 atom stereocenters. The van der Waals surface area contributed by atoms with Crippen molar-refractivity contribution in [3.05, 3.63) is 0 Å². The second-order valence-electron chi connectivity index (χ2n) is 4.07. The van der Waals surface area contributed by atoms with Gasteiger partial charge in [0.1, 0.15) is 0 Å². The van der Waals surface area contributed by atoms with Gasteiger partial charge in [-0.1, -0.05) is 19.8 Å². The van der Waals surface area contributed by atoms with E-state index in [0.29, 0.717) is 6.04 Å². The molecule has 0 amide bonds. The highest BCUT2D eigenvalue weighted by molar-refractivity contribution is 4.88. The molecule has 1 saturated carbocycles. The van der Waals surface area contributed by atoms with Crippen LogP contribution < -0.4 is 5.73 Å². The monoisotopic (exact) mass is 170 g/mol. The average Bonchev–Trinajstić information content (AvgIpc) is 1.99. The molecule has 0 unspecified atom stereocenters. The van der Waals surface area contributed by atoms with Gasteiger partial charge in [-0.05, 0) is 32.9 Å². The van der Waals surface area contributed by atoms with Crippen molar-refractivity contribution in [3.8, 4) is 0 Å². The first-order chi connectivity index (χ1) is 5.74. The lowest BCUT2D eigenvalue weighted by Crippen LogP contribution is -2.49. The molecule has 0 aromatic rings. The summed E-state index contributed by atoms with van der Waals surface area (Å²) in [6.45, 7) is 3.50. The molecule has 1 aliphatic rings. The molecule has 72 valence electrons. The molecule has 0 saturated heterocycles. The van der Waals surface area contributed by atoms with Gasteiger partial charge in [0.2, 0.25) is 0 Å². The first-order valence-corrected chi connectivity index (χ1v) is 5.20. The third kappa shape index (κ3) is 2.76. The second kappa shape index (κ2) is 4.83. The smallest absolute Gasteiger partial charge is 0.0122 e. The third-order valence-electron chi connectivity index (χ3n) is 2.89. The minimum Gasteiger partial charge on any atom is -0.328 e. The number of nitrogens with two attached hydrogens (primary N) is 1. The zero-order valence-electron chi connectivity index (χ0n) is 8.42. The Morgan fingerprint density at radius 1 is 1.33 bits per heavy atom. The van der Waals surface area contributed by atoms with Crippen LogP contribution in [-0.2, 0) is 0 Å². The van der Waals surface area contributed by atoms with E-state index in [0.717, 1.165) is 6.04 Å². The fourth-order valence-corrected chi connectivity index (χ4v) is 1.78. The fourth-order valence-electron chi connectivity index (χ4n) is 1.78. The van der Waals surface area contributed by atoms with Crippen LogP contribution in [0.2, 0.25) is 0 Å². The summed E-state index contributed by atoms with van der Waals surface area (Å²) in [5.74, 6) is 0. The summed E-state index contributed by atoms with van der Waals surface area (Å²) in [7, 11) is 2.23. The molecule has 12 heavy (non-hydrogen) atoms. The summed E-state index contributed by atoms with van der Waals surface area (Å²) >= 11 is 0. The number of unbranched alkanes of at least 4 members (excludes halogenated alkanes) is 2. The Hall–Kier alpha value is -0.0800. The maximum atomic E-state index is 5.73. The molecule has 1 rings (SSSR count). The van der Waals surface area contributed by atoms with Crippen molar-refractivity contribution in [2.24, 2.45) is 5.73 Å². The van der Waals surface area contributed by atoms with Crippen molar-refractivity contribution in [1.82, 2.24) is 4.90 Å². The fraction of sp³-hybridized carbons (Fsp3) is 1.00. The van der Waals surface area contributed by atoms with Crippen LogP contribution >= 0.6 is 0 Å². The molecule has 1 fully saturated rings. The lowest BCUT2D eigenvalue weighted by Gasteiger charge is -2.39. The van der Waals surface area contributed by atoms with Crippen LogP contribution in [0, 0.1) is 0 Å². The van der Waals surface area contributed by atoms with Crippen LogP contribution in [-0.4, -0.2) is 30.6 Å². The van der Waals surface area contributed by atoms with Gasteiger partial charge in [-0.3, -0.25) is 0 Å². The van der Waals surface area contributed by atoms with Gasteiger partial charge in [-0.15, -0.1) is 0 Å². The molecule has 2 nitrogen and oxygen atoms in total. The quantitative estimate of drug-likeness (QED) is 0.635. The minimum absolute atomic E-state index is 0.489. The Morgan fingerprint density at radius 2 is 2.00 bits per heavy atom. The van der Waals surface area contributed by atoms with Crippen molar-refractivity contribution in [1.29, 1.82) is 0 Å². The Bertz CT molecular complexity index is 119. The van der Waals surface area contributed by atoms with E-state index >= 15 is 0 Å². The summed E-state index contributed by atoms with van der Waals surface area (Å²) in [4.78, 5) is 2.47. The minimum atomic E-state index is 0.489. The van der Waals surface area contributed by atoms with Gasteiger partial charge in [0.25, 0.3) is 0 Å². The van der Waals surface area contributed by atoms with Gasteiger partial charge in [-0.2, -0.15) is 0 Å². The first kappa shape index (κ1) is 10.0. The summed E-state index contributed by atoms with van der Waals surface area (Å²) in [5.41, 5.74) is 5.73. The van der Waals surface area contributed by atoms with Crippen LogP contribution in [0.3, 0.4) is 0 Å². The Balaban J connectivity index is 2.00. The van der Waals surface area contributed by atoms with Gasteiger partial charge in [-0.25, -0.2) is 0 Å². The van der Waals surface area contributed by atoms with E-state index in [2.05, 4.69) is 18.9 Å². The summed E-state index contributed by atoms with van der Waals surface area (Å²) in [6, 6.07) is 1.28. The predicted molar refractivity (Wildman–Crippen MR) is 53.2 cm³/mol. The van der Waals surface area contributed by atoms with Gasteiger partial charge >= 0.3 is 0 Å². The molecule has 0 radical (unpaired) electrons. The van der Waals surface area contributed by atoms with Gasteiger partial charge in [0.05, 0.1) is 0 Å². The topological polar surface area (TPSA) is 29.3 Å². The van der Waals surface area contributed by atoms with Crippen LogP contribution in [0.15, 0.2) is 0 Å². The van der Waals surface area contributed by atoms with Crippen molar-refractivity contribution in [2.75, 3.05) is 13.6 Å². The SMILES string of the molecule is CCCCCN(C)C1CC(N)C1. The Labute approximate surface area is 76.1 Å². The van der Waals surface area contributed by atoms with Gasteiger partial charge in [0.15, 0.2) is 0 Å². The van der Waals surface area contributed by atoms with E-state index in [1.807, 2.05) is 0 Å². The third-order valence-corrected chi connectivity index (χ3v) is 2.89. The molecule has 0 bridgehead atoms.